The largest absolute Gasteiger partial charge is 0.462 e. The fourth-order valence-corrected chi connectivity index (χ4v) is 7.20. The molecule has 0 saturated heterocycles. The maximum absolute atomic E-state index is 13.2. The number of aliphatic hydroxyl groups excluding tert-OH is 2. The molecule has 0 bridgehead atoms. The van der Waals surface area contributed by atoms with Crippen LogP contribution in [0.2, 0.25) is 0 Å². The van der Waals surface area contributed by atoms with E-state index in [1.165, 1.54) is 103 Å². The number of esters is 1. The number of rotatable bonds is 43. The first-order chi connectivity index (χ1) is 28.5. The molecule has 0 radical (unpaired) electrons. The van der Waals surface area contributed by atoms with Crippen molar-refractivity contribution in [3.05, 3.63) is 60.8 Å². The first kappa shape index (κ1) is 55.6. The predicted molar refractivity (Wildman–Crippen MR) is 250 cm³/mol. The van der Waals surface area contributed by atoms with Gasteiger partial charge >= 0.3 is 5.97 Å². The normalized spacial score (nSPS) is 13.8. The Labute approximate surface area is 358 Å². The van der Waals surface area contributed by atoms with Crippen LogP contribution in [-0.2, 0) is 14.3 Å². The van der Waals surface area contributed by atoms with E-state index < -0.39 is 18.2 Å². The van der Waals surface area contributed by atoms with Gasteiger partial charge in [-0.05, 0) is 70.6 Å². The van der Waals surface area contributed by atoms with Crippen LogP contribution in [0.1, 0.15) is 233 Å². The highest BCUT2D eigenvalue weighted by atomic mass is 16.5. The molecule has 0 aromatic heterocycles. The van der Waals surface area contributed by atoms with Gasteiger partial charge in [0.05, 0.1) is 25.2 Å². The quantitative estimate of drug-likeness (QED) is 0.0247. The van der Waals surface area contributed by atoms with Crippen molar-refractivity contribution in [1.82, 2.24) is 5.32 Å². The van der Waals surface area contributed by atoms with Crippen molar-refractivity contribution in [2.75, 3.05) is 6.61 Å². The molecule has 336 valence electrons. The topological polar surface area (TPSA) is 95.9 Å². The number of ether oxygens (including phenoxy) is 1. The number of aliphatic hydroxyl groups is 2. The fraction of sp³-hybridized carbons (Fsp3) is 0.769. The molecule has 6 nitrogen and oxygen atoms in total. The van der Waals surface area contributed by atoms with Crippen LogP contribution < -0.4 is 5.32 Å². The summed E-state index contributed by atoms with van der Waals surface area (Å²) >= 11 is 0. The Morgan fingerprint density at radius 1 is 0.517 bits per heavy atom. The third-order valence-corrected chi connectivity index (χ3v) is 10.9. The van der Waals surface area contributed by atoms with E-state index in [1.807, 2.05) is 30.4 Å². The minimum Gasteiger partial charge on any atom is -0.462 e. The molecule has 0 aromatic carbocycles. The summed E-state index contributed by atoms with van der Waals surface area (Å²) in [7, 11) is 0. The van der Waals surface area contributed by atoms with E-state index >= 15 is 0 Å². The van der Waals surface area contributed by atoms with E-state index in [9.17, 15) is 19.8 Å². The lowest BCUT2D eigenvalue weighted by Crippen LogP contribution is -2.46. The van der Waals surface area contributed by atoms with Crippen LogP contribution in [0.5, 0.6) is 0 Å². The van der Waals surface area contributed by atoms with E-state index in [-0.39, 0.29) is 24.9 Å². The van der Waals surface area contributed by atoms with Crippen LogP contribution in [0.15, 0.2) is 60.8 Å². The molecule has 3 N–H and O–H groups in total. The zero-order valence-electron chi connectivity index (χ0n) is 38.2. The molecule has 0 aliphatic carbocycles. The number of allylic oxidation sites excluding steroid dienone is 10. The van der Waals surface area contributed by atoms with Crippen molar-refractivity contribution < 1.29 is 24.5 Å². The summed E-state index contributed by atoms with van der Waals surface area (Å²) in [6, 6.07) is -0.714. The molecule has 3 unspecified atom stereocenters. The molecule has 0 spiro atoms. The number of hydrogen-bond acceptors (Lipinski definition) is 5. The standard InChI is InChI=1S/C52H93NO5/c1-4-7-10-13-16-19-22-24-25-26-28-29-31-34-37-40-43-48(58-52(57)45-42-39-36-33-30-27-23-20-17-14-11-8-5-2)46-51(56)53-49(47-54)50(55)44-41-38-35-32-21-18-15-12-9-6-3/h8,11,14,17,20,23,27-30,48-50,54-55H,4-7,9-10,12-13,15-16,18-19,21-22,24-26,31-47H2,1-3H3,(H,53,56)/b11-8+,17-14+,23-20-,29-28+,30-27-. The second-order valence-electron chi connectivity index (χ2n) is 16.6. The minimum atomic E-state index is -0.798. The summed E-state index contributed by atoms with van der Waals surface area (Å²) in [5, 5.41) is 23.7. The predicted octanol–water partition coefficient (Wildman–Crippen LogP) is 14.5. The molecule has 6 heteroatoms. The third-order valence-electron chi connectivity index (χ3n) is 10.9. The van der Waals surface area contributed by atoms with Crippen LogP contribution >= 0.6 is 0 Å². The summed E-state index contributed by atoms with van der Waals surface area (Å²) in [6.07, 6.45) is 55.7. The van der Waals surface area contributed by atoms with Crippen molar-refractivity contribution in [1.29, 1.82) is 0 Å². The molecular formula is C52H93NO5. The van der Waals surface area contributed by atoms with Gasteiger partial charge in [-0.15, -0.1) is 0 Å². The number of hydrogen-bond donors (Lipinski definition) is 3. The maximum atomic E-state index is 13.2. The number of unbranched alkanes of at least 4 members (excludes halogenated alkanes) is 24. The molecule has 0 rings (SSSR count). The Balaban J connectivity index is 4.68. The van der Waals surface area contributed by atoms with Crippen LogP contribution in [-0.4, -0.2) is 46.9 Å². The lowest BCUT2D eigenvalue weighted by atomic mass is 10.0. The van der Waals surface area contributed by atoms with E-state index in [4.69, 9.17) is 4.74 Å². The lowest BCUT2D eigenvalue weighted by molar-refractivity contribution is -0.151. The Bertz CT molecular complexity index is 1050. The Morgan fingerprint density at radius 3 is 1.48 bits per heavy atom. The van der Waals surface area contributed by atoms with Crippen LogP contribution in [0.4, 0.5) is 0 Å². The van der Waals surface area contributed by atoms with Gasteiger partial charge in [-0.3, -0.25) is 9.59 Å². The summed E-state index contributed by atoms with van der Waals surface area (Å²) in [5.41, 5.74) is 0. The summed E-state index contributed by atoms with van der Waals surface area (Å²) in [4.78, 5) is 26.0. The number of nitrogens with one attached hydrogen (secondary N) is 1. The molecular weight excluding hydrogens is 719 g/mol. The van der Waals surface area contributed by atoms with Gasteiger partial charge in [0.1, 0.15) is 6.10 Å². The summed E-state index contributed by atoms with van der Waals surface area (Å²) in [6.45, 7) is 6.31. The molecule has 0 heterocycles. The maximum Gasteiger partial charge on any atom is 0.306 e. The second kappa shape index (κ2) is 45.6. The monoisotopic (exact) mass is 812 g/mol. The molecule has 0 aliphatic heterocycles. The SMILES string of the molecule is CC/C=C/C=C/C=C\C=C/CCCCCC(=O)OC(CCCCC/C=C/CCCCCCCCCCC)CC(=O)NC(CO)C(O)CCCCCCCCCCCC. The molecule has 1 amide bonds. The van der Waals surface area contributed by atoms with E-state index in [2.05, 4.69) is 56.5 Å². The van der Waals surface area contributed by atoms with Gasteiger partial charge in [0.25, 0.3) is 0 Å². The molecule has 0 fully saturated rings. The molecule has 0 saturated carbocycles. The van der Waals surface area contributed by atoms with Crippen molar-refractivity contribution in [2.45, 2.75) is 251 Å². The van der Waals surface area contributed by atoms with Crippen LogP contribution in [0.3, 0.4) is 0 Å². The number of amides is 1. The average Bonchev–Trinajstić information content (AvgIpc) is 3.22. The smallest absolute Gasteiger partial charge is 0.306 e. The van der Waals surface area contributed by atoms with Gasteiger partial charge in [0.2, 0.25) is 5.91 Å². The third kappa shape index (κ3) is 40.3. The highest BCUT2D eigenvalue weighted by Crippen LogP contribution is 2.17. The average molecular weight is 812 g/mol. The zero-order valence-corrected chi connectivity index (χ0v) is 38.2. The van der Waals surface area contributed by atoms with Gasteiger partial charge in [0.15, 0.2) is 0 Å². The fourth-order valence-electron chi connectivity index (χ4n) is 7.20. The summed E-state index contributed by atoms with van der Waals surface area (Å²) in [5.74, 6) is -0.536. The lowest BCUT2D eigenvalue weighted by Gasteiger charge is -2.24. The molecule has 58 heavy (non-hydrogen) atoms. The van der Waals surface area contributed by atoms with Gasteiger partial charge in [-0.25, -0.2) is 0 Å². The number of carbonyl (C=O) groups excluding carboxylic acids is 2. The van der Waals surface area contributed by atoms with Crippen molar-refractivity contribution in [2.24, 2.45) is 0 Å². The highest BCUT2D eigenvalue weighted by molar-refractivity contribution is 5.77. The number of carbonyl (C=O) groups is 2. The van der Waals surface area contributed by atoms with Crippen LogP contribution in [0.25, 0.3) is 0 Å². The van der Waals surface area contributed by atoms with Gasteiger partial charge < -0.3 is 20.3 Å². The van der Waals surface area contributed by atoms with Crippen LogP contribution in [0, 0.1) is 0 Å². The molecule has 0 aliphatic rings. The minimum absolute atomic E-state index is 0.0499. The van der Waals surface area contributed by atoms with Crippen molar-refractivity contribution >= 4 is 11.9 Å². The van der Waals surface area contributed by atoms with E-state index in [1.54, 1.807) is 0 Å². The Hall–Kier alpha value is -2.44. The highest BCUT2D eigenvalue weighted by Gasteiger charge is 2.24. The Kier molecular flexibility index (Phi) is 43.7. The van der Waals surface area contributed by atoms with Crippen molar-refractivity contribution in [3.63, 3.8) is 0 Å². The van der Waals surface area contributed by atoms with Gasteiger partial charge in [0, 0.05) is 6.42 Å². The molecule has 0 aromatic rings. The first-order valence-electron chi connectivity index (χ1n) is 24.6. The zero-order chi connectivity index (χ0) is 42.4. The van der Waals surface area contributed by atoms with E-state index in [0.717, 1.165) is 83.5 Å². The van der Waals surface area contributed by atoms with Gasteiger partial charge in [-0.1, -0.05) is 210 Å². The Morgan fingerprint density at radius 2 is 0.948 bits per heavy atom. The van der Waals surface area contributed by atoms with Gasteiger partial charge in [-0.2, -0.15) is 0 Å². The summed E-state index contributed by atoms with van der Waals surface area (Å²) < 4.78 is 5.89. The second-order valence-corrected chi connectivity index (χ2v) is 16.6. The van der Waals surface area contributed by atoms with Crippen molar-refractivity contribution in [3.8, 4) is 0 Å². The van der Waals surface area contributed by atoms with E-state index in [0.29, 0.717) is 19.3 Å². The first-order valence-corrected chi connectivity index (χ1v) is 24.6. The molecule has 3 atom stereocenters.